The Kier molecular flexibility index (Phi) is 4.60. The van der Waals surface area contributed by atoms with Gasteiger partial charge in [-0.3, -0.25) is 9.80 Å². The first-order valence-electron chi connectivity index (χ1n) is 8.90. The van der Waals surface area contributed by atoms with Crippen molar-refractivity contribution in [3.05, 3.63) is 0 Å². The molecule has 5 rings (SSSR count). The van der Waals surface area contributed by atoms with Crippen molar-refractivity contribution < 1.29 is 0 Å². The van der Waals surface area contributed by atoms with Crippen LogP contribution in [-0.2, 0) is 0 Å². The largest absolute Gasteiger partial charge is 0.309 e. The van der Waals surface area contributed by atoms with Crippen molar-refractivity contribution in [3.63, 3.8) is 0 Å². The smallest absolute Gasteiger partial charge is 0.0241 e. The van der Waals surface area contributed by atoms with Gasteiger partial charge in [0.2, 0.25) is 0 Å². The highest BCUT2D eigenvalue weighted by Crippen LogP contribution is 2.30. The van der Waals surface area contributed by atoms with Crippen molar-refractivity contribution >= 4 is 0 Å². The quantitative estimate of drug-likeness (QED) is 0.827. The predicted octanol–water partition coefficient (Wildman–Crippen LogP) is 1.22. The number of piperazine rings is 2. The number of piperidine rings is 1. The Bertz CT molecular complexity index is 339. The van der Waals surface area contributed by atoms with Crippen LogP contribution in [0, 0.1) is 0 Å². The molecule has 5 saturated heterocycles. The summed E-state index contributed by atoms with van der Waals surface area (Å²) < 4.78 is 0. The van der Waals surface area contributed by atoms with Gasteiger partial charge in [-0.05, 0) is 47.6 Å². The Hall–Kier alpha value is -0.160. The predicted molar refractivity (Wildman–Crippen MR) is 88.7 cm³/mol. The van der Waals surface area contributed by atoms with E-state index in [1.54, 1.807) is 0 Å². The lowest BCUT2D eigenvalue weighted by molar-refractivity contribution is 0.0563. The van der Waals surface area contributed by atoms with Gasteiger partial charge in [-0.15, -0.1) is 0 Å². The standard InChI is InChI=1S/C9H18N2.C8H16N2/c1-7(2)11-6-8-4-9(11)5-10(8)3;1-6(2)10-4-7-3-8(5-10)9-7/h7-9H,4-6H2,1-3H3;6-9H,3-5H2,1-2H3. The first kappa shape index (κ1) is 15.7. The van der Waals surface area contributed by atoms with E-state index in [1.807, 2.05) is 0 Å². The minimum Gasteiger partial charge on any atom is -0.309 e. The number of hydrogen-bond acceptors (Lipinski definition) is 4. The van der Waals surface area contributed by atoms with Crippen molar-refractivity contribution in [3.8, 4) is 0 Å². The summed E-state index contributed by atoms with van der Waals surface area (Å²) in [6.07, 6.45) is 2.83. The molecule has 5 heterocycles. The fourth-order valence-electron chi connectivity index (χ4n) is 4.50. The van der Waals surface area contributed by atoms with Crippen LogP contribution >= 0.6 is 0 Å². The van der Waals surface area contributed by atoms with Crippen LogP contribution in [0.3, 0.4) is 0 Å². The van der Waals surface area contributed by atoms with Gasteiger partial charge in [0.1, 0.15) is 0 Å². The summed E-state index contributed by atoms with van der Waals surface area (Å²) in [4.78, 5) is 7.71. The van der Waals surface area contributed by atoms with Crippen LogP contribution in [0.5, 0.6) is 0 Å². The van der Waals surface area contributed by atoms with Crippen LogP contribution in [0.15, 0.2) is 0 Å². The zero-order valence-electron chi connectivity index (χ0n) is 14.5. The maximum atomic E-state index is 3.52. The van der Waals surface area contributed by atoms with Crippen LogP contribution in [0.25, 0.3) is 0 Å². The van der Waals surface area contributed by atoms with Crippen LogP contribution in [0.4, 0.5) is 0 Å². The topological polar surface area (TPSA) is 21.8 Å². The molecule has 5 fully saturated rings. The van der Waals surface area contributed by atoms with Gasteiger partial charge in [-0.2, -0.15) is 0 Å². The summed E-state index contributed by atoms with van der Waals surface area (Å²) in [5.74, 6) is 0. The molecule has 21 heavy (non-hydrogen) atoms. The lowest BCUT2D eigenvalue weighted by Crippen LogP contribution is -2.67. The van der Waals surface area contributed by atoms with E-state index in [0.29, 0.717) is 0 Å². The normalized spacial score (nSPS) is 39.6. The van der Waals surface area contributed by atoms with E-state index >= 15 is 0 Å². The minimum absolute atomic E-state index is 0.743. The van der Waals surface area contributed by atoms with Gasteiger partial charge in [-0.1, -0.05) is 0 Å². The van der Waals surface area contributed by atoms with Crippen molar-refractivity contribution in [1.29, 1.82) is 0 Å². The Morgan fingerprint density at radius 1 is 0.810 bits per heavy atom. The van der Waals surface area contributed by atoms with E-state index in [-0.39, 0.29) is 0 Å². The number of rotatable bonds is 2. The number of hydrogen-bond donors (Lipinski definition) is 1. The van der Waals surface area contributed by atoms with Crippen LogP contribution in [0.1, 0.15) is 40.5 Å². The highest BCUT2D eigenvalue weighted by atomic mass is 15.3. The molecule has 0 saturated carbocycles. The zero-order chi connectivity index (χ0) is 15.1. The number of fused-ring (bicyclic) bond motifs is 4. The third-order valence-corrected chi connectivity index (χ3v) is 5.90. The van der Waals surface area contributed by atoms with Gasteiger partial charge in [0.25, 0.3) is 0 Å². The van der Waals surface area contributed by atoms with E-state index in [0.717, 1.165) is 36.3 Å². The molecule has 5 aliphatic rings. The molecular formula is C17H34N4. The monoisotopic (exact) mass is 294 g/mol. The molecule has 4 heteroatoms. The fourth-order valence-corrected chi connectivity index (χ4v) is 4.50. The minimum atomic E-state index is 0.743. The molecule has 1 N–H and O–H groups in total. The maximum Gasteiger partial charge on any atom is 0.0241 e. The Labute approximate surface area is 130 Å². The highest BCUT2D eigenvalue weighted by Gasteiger charge is 2.42. The second kappa shape index (κ2) is 6.15. The molecule has 4 nitrogen and oxygen atoms in total. The summed E-state index contributed by atoms with van der Waals surface area (Å²) in [5.41, 5.74) is 0. The molecule has 0 spiro atoms. The number of nitrogens with zero attached hydrogens (tertiary/aromatic N) is 3. The Balaban J connectivity index is 0.000000126. The highest BCUT2D eigenvalue weighted by molar-refractivity contribution is 4.99. The van der Waals surface area contributed by atoms with Crippen molar-refractivity contribution in [1.82, 2.24) is 20.0 Å². The van der Waals surface area contributed by atoms with Crippen LogP contribution in [0.2, 0.25) is 0 Å². The van der Waals surface area contributed by atoms with E-state index in [1.165, 1.54) is 39.0 Å². The van der Waals surface area contributed by atoms with E-state index < -0.39 is 0 Å². The van der Waals surface area contributed by atoms with Gasteiger partial charge in [0.05, 0.1) is 0 Å². The lowest BCUT2D eigenvalue weighted by atomic mass is 9.90. The van der Waals surface area contributed by atoms with Crippen molar-refractivity contribution in [2.75, 3.05) is 33.2 Å². The molecule has 4 unspecified atom stereocenters. The average Bonchev–Trinajstić information content (AvgIpc) is 2.97. The molecule has 0 aromatic rings. The molecule has 4 atom stereocenters. The van der Waals surface area contributed by atoms with E-state index in [4.69, 9.17) is 0 Å². The van der Waals surface area contributed by atoms with Gasteiger partial charge in [0, 0.05) is 62.4 Å². The summed E-state index contributed by atoms with van der Waals surface area (Å²) in [5, 5.41) is 3.52. The van der Waals surface area contributed by atoms with Gasteiger partial charge in [0.15, 0.2) is 0 Å². The van der Waals surface area contributed by atoms with Gasteiger partial charge >= 0.3 is 0 Å². The molecule has 4 bridgehead atoms. The molecular weight excluding hydrogens is 260 g/mol. The summed E-state index contributed by atoms with van der Waals surface area (Å²) in [6, 6.07) is 4.86. The third kappa shape index (κ3) is 3.29. The van der Waals surface area contributed by atoms with Gasteiger partial charge < -0.3 is 10.2 Å². The van der Waals surface area contributed by atoms with Crippen LogP contribution in [-0.4, -0.2) is 84.2 Å². The second-order valence-electron chi connectivity index (χ2n) is 8.12. The van der Waals surface area contributed by atoms with Gasteiger partial charge in [-0.25, -0.2) is 0 Å². The summed E-state index contributed by atoms with van der Waals surface area (Å²) in [6.45, 7) is 14.3. The second-order valence-corrected chi connectivity index (χ2v) is 8.12. The Morgan fingerprint density at radius 2 is 1.43 bits per heavy atom. The first-order valence-corrected chi connectivity index (χ1v) is 8.90. The molecule has 0 aromatic heterocycles. The van der Waals surface area contributed by atoms with Crippen LogP contribution < -0.4 is 5.32 Å². The first-order chi connectivity index (χ1) is 9.94. The Morgan fingerprint density at radius 3 is 1.76 bits per heavy atom. The third-order valence-electron chi connectivity index (χ3n) is 5.90. The number of likely N-dealkylation sites (tertiary alicyclic amines) is 2. The molecule has 5 aliphatic heterocycles. The van der Waals surface area contributed by atoms with E-state index in [9.17, 15) is 0 Å². The zero-order valence-corrected chi connectivity index (χ0v) is 14.5. The van der Waals surface area contributed by atoms with Crippen molar-refractivity contribution in [2.24, 2.45) is 0 Å². The summed E-state index contributed by atoms with van der Waals surface area (Å²) in [7, 11) is 2.25. The molecule has 0 amide bonds. The average molecular weight is 294 g/mol. The molecule has 0 aliphatic carbocycles. The SMILES string of the molecule is CC(C)N1CC2CC(C1)N2.CC(C)N1CC2CC1CN2C. The molecule has 0 radical (unpaired) electrons. The number of nitrogens with one attached hydrogen (secondary N) is 1. The fraction of sp³-hybridized carbons (Fsp3) is 1.00. The molecule has 122 valence electrons. The molecule has 0 aromatic carbocycles. The van der Waals surface area contributed by atoms with Crippen molar-refractivity contribution in [2.45, 2.75) is 76.8 Å². The van der Waals surface area contributed by atoms with E-state index in [2.05, 4.69) is 54.8 Å². The number of likely N-dealkylation sites (N-methyl/N-ethyl adjacent to an activating group) is 1. The maximum absolute atomic E-state index is 3.52. The lowest BCUT2D eigenvalue weighted by Gasteiger charge is -2.49. The summed E-state index contributed by atoms with van der Waals surface area (Å²) >= 11 is 0.